The molecule has 0 aliphatic carbocycles. The van der Waals surface area contributed by atoms with Crippen LogP contribution in [0.4, 0.5) is 0 Å². The van der Waals surface area contributed by atoms with Crippen molar-refractivity contribution in [2.75, 3.05) is 20.3 Å². The summed E-state index contributed by atoms with van der Waals surface area (Å²) >= 11 is 0. The van der Waals surface area contributed by atoms with Crippen LogP contribution in [0.25, 0.3) is 0 Å². The van der Waals surface area contributed by atoms with Crippen LogP contribution in [0, 0.1) is 11.3 Å². The Morgan fingerprint density at radius 3 is 2.03 bits per heavy atom. The third-order valence-corrected chi connectivity index (χ3v) is 6.39. The Morgan fingerprint density at radius 2 is 1.49 bits per heavy atom. The lowest BCUT2D eigenvalue weighted by Gasteiger charge is -2.24. The number of benzene rings is 2. The second-order valence-electron chi connectivity index (χ2n) is 10.4. The third-order valence-electron chi connectivity index (χ3n) is 6.39. The first-order valence-corrected chi connectivity index (χ1v) is 12.9. The molecule has 0 bridgehead atoms. The minimum absolute atomic E-state index is 0.0787. The van der Waals surface area contributed by atoms with Crippen LogP contribution in [0.1, 0.15) is 54.3 Å². The molecular formula is C30H36O9. The number of hydrogen-bond donors (Lipinski definition) is 0. The van der Waals surface area contributed by atoms with Gasteiger partial charge in [-0.3, -0.25) is 4.79 Å². The third kappa shape index (κ3) is 8.46. The van der Waals surface area contributed by atoms with Crippen LogP contribution < -0.4 is 0 Å². The monoisotopic (exact) mass is 540 g/mol. The lowest BCUT2D eigenvalue weighted by Crippen LogP contribution is -2.36. The van der Waals surface area contributed by atoms with Crippen molar-refractivity contribution in [1.82, 2.24) is 0 Å². The van der Waals surface area contributed by atoms with Crippen molar-refractivity contribution in [3.05, 3.63) is 71.8 Å². The van der Waals surface area contributed by atoms with E-state index in [1.165, 1.54) is 7.11 Å². The SMILES string of the molecule is CO[C@@H]1[C@@H](C=O)[C@H](CCOC(=O)C(C)(C)C)O[C@@H]1C[C@@H](COC(=O)c1ccccc1)OC(=O)c1ccccc1. The summed E-state index contributed by atoms with van der Waals surface area (Å²) in [7, 11) is 1.47. The molecule has 1 fully saturated rings. The van der Waals surface area contributed by atoms with Crippen molar-refractivity contribution in [1.29, 1.82) is 0 Å². The van der Waals surface area contributed by atoms with Crippen molar-refractivity contribution in [2.24, 2.45) is 11.3 Å². The summed E-state index contributed by atoms with van der Waals surface area (Å²) < 4.78 is 28.3. The fourth-order valence-corrected chi connectivity index (χ4v) is 4.29. The number of rotatable bonds is 12. The summed E-state index contributed by atoms with van der Waals surface area (Å²) in [5, 5.41) is 0. The van der Waals surface area contributed by atoms with Crippen LogP contribution in [0.15, 0.2) is 60.7 Å². The summed E-state index contributed by atoms with van der Waals surface area (Å²) in [5.74, 6) is -2.11. The predicted molar refractivity (Wildman–Crippen MR) is 141 cm³/mol. The second kappa shape index (κ2) is 14.0. The fourth-order valence-electron chi connectivity index (χ4n) is 4.29. The van der Waals surface area contributed by atoms with Crippen molar-refractivity contribution in [3.8, 4) is 0 Å². The molecule has 0 aromatic heterocycles. The van der Waals surface area contributed by atoms with E-state index in [4.69, 9.17) is 23.7 Å². The predicted octanol–water partition coefficient (Wildman–Crippen LogP) is 4.04. The van der Waals surface area contributed by atoms with Crippen LogP contribution in [-0.4, -0.2) is 68.9 Å². The zero-order chi connectivity index (χ0) is 28.4. The topological polar surface area (TPSA) is 114 Å². The highest BCUT2D eigenvalue weighted by atomic mass is 16.6. The van der Waals surface area contributed by atoms with Crippen LogP contribution in [0.5, 0.6) is 0 Å². The van der Waals surface area contributed by atoms with E-state index in [-0.39, 0.29) is 25.6 Å². The van der Waals surface area contributed by atoms with Crippen LogP contribution in [-0.2, 0) is 33.3 Å². The largest absolute Gasteiger partial charge is 0.465 e. The molecule has 0 amide bonds. The average molecular weight is 541 g/mol. The maximum absolute atomic E-state index is 12.8. The van der Waals surface area contributed by atoms with Gasteiger partial charge in [-0.2, -0.15) is 0 Å². The number of esters is 3. The van der Waals surface area contributed by atoms with Gasteiger partial charge >= 0.3 is 17.9 Å². The van der Waals surface area contributed by atoms with E-state index in [2.05, 4.69) is 0 Å². The van der Waals surface area contributed by atoms with E-state index >= 15 is 0 Å². The van der Waals surface area contributed by atoms with Gasteiger partial charge in [0.25, 0.3) is 0 Å². The fraction of sp³-hybridized carbons (Fsp3) is 0.467. The maximum Gasteiger partial charge on any atom is 0.338 e. The molecule has 0 radical (unpaired) electrons. The van der Waals surface area contributed by atoms with Gasteiger partial charge in [-0.25, -0.2) is 9.59 Å². The Hall–Kier alpha value is -3.56. The van der Waals surface area contributed by atoms with E-state index in [1.54, 1.807) is 81.4 Å². The highest BCUT2D eigenvalue weighted by molar-refractivity contribution is 5.90. The van der Waals surface area contributed by atoms with Crippen LogP contribution in [0.2, 0.25) is 0 Å². The first kappa shape index (κ1) is 30.0. The van der Waals surface area contributed by atoms with Gasteiger partial charge in [-0.05, 0) is 45.0 Å². The summed E-state index contributed by atoms with van der Waals surface area (Å²) in [6, 6.07) is 16.9. The van der Waals surface area contributed by atoms with E-state index in [1.807, 2.05) is 0 Å². The number of methoxy groups -OCH3 is 1. The standard InChI is InChI=1S/C30H36O9/c1-30(2,3)29(34)36-16-15-24-23(18-31)26(35-4)25(39-24)17-22(38-28(33)21-13-9-6-10-14-21)19-37-27(32)20-11-7-5-8-12-20/h5-14,18,22-26H,15-17,19H2,1-4H3/t22-,23-,24-,25+,26+/m0/s1. The molecule has 9 nitrogen and oxygen atoms in total. The van der Waals surface area contributed by atoms with Crippen molar-refractivity contribution in [2.45, 2.75) is 58.0 Å². The Morgan fingerprint density at radius 1 is 0.897 bits per heavy atom. The van der Waals surface area contributed by atoms with E-state index in [9.17, 15) is 19.2 Å². The molecule has 2 aromatic rings. The Kier molecular flexibility index (Phi) is 10.8. The highest BCUT2D eigenvalue weighted by Crippen LogP contribution is 2.33. The van der Waals surface area contributed by atoms with Gasteiger partial charge in [0.15, 0.2) is 0 Å². The van der Waals surface area contributed by atoms with Gasteiger partial charge in [0.1, 0.15) is 19.0 Å². The normalized spacial score (nSPS) is 21.5. The molecule has 0 N–H and O–H groups in total. The molecule has 1 saturated heterocycles. The summed E-state index contributed by atoms with van der Waals surface area (Å²) in [4.78, 5) is 49.5. The van der Waals surface area contributed by atoms with Crippen LogP contribution >= 0.6 is 0 Å². The Bertz CT molecular complexity index is 1090. The van der Waals surface area contributed by atoms with Crippen LogP contribution in [0.3, 0.4) is 0 Å². The zero-order valence-electron chi connectivity index (χ0n) is 22.7. The molecule has 9 heteroatoms. The van der Waals surface area contributed by atoms with Gasteiger partial charge in [-0.1, -0.05) is 36.4 Å². The van der Waals surface area contributed by atoms with Gasteiger partial charge in [-0.15, -0.1) is 0 Å². The van der Waals surface area contributed by atoms with Gasteiger partial charge in [0.2, 0.25) is 0 Å². The second-order valence-corrected chi connectivity index (χ2v) is 10.4. The van der Waals surface area contributed by atoms with E-state index in [0.29, 0.717) is 17.5 Å². The van der Waals surface area contributed by atoms with E-state index in [0.717, 1.165) is 6.29 Å². The molecule has 39 heavy (non-hydrogen) atoms. The molecular weight excluding hydrogens is 504 g/mol. The molecule has 3 rings (SSSR count). The lowest BCUT2D eigenvalue weighted by atomic mass is 9.93. The number of ether oxygens (including phenoxy) is 5. The van der Waals surface area contributed by atoms with Gasteiger partial charge in [0.05, 0.1) is 47.4 Å². The molecule has 1 heterocycles. The summed E-state index contributed by atoms with van der Waals surface area (Å²) in [5.41, 5.74) is 0.0610. The Labute approximate surface area is 228 Å². The molecule has 0 spiro atoms. The quantitative estimate of drug-likeness (QED) is 0.224. The molecule has 0 unspecified atom stereocenters. The molecule has 1 aliphatic heterocycles. The Balaban J connectivity index is 1.70. The van der Waals surface area contributed by atoms with Gasteiger partial charge < -0.3 is 28.5 Å². The molecule has 5 atom stereocenters. The maximum atomic E-state index is 12.8. The molecule has 0 saturated carbocycles. The zero-order valence-corrected chi connectivity index (χ0v) is 22.7. The summed E-state index contributed by atoms with van der Waals surface area (Å²) in [6.07, 6.45) is -1.54. The lowest BCUT2D eigenvalue weighted by molar-refractivity contribution is -0.153. The van der Waals surface area contributed by atoms with E-state index < -0.39 is 47.7 Å². The average Bonchev–Trinajstić information content (AvgIpc) is 3.27. The number of aldehydes is 1. The number of hydrogen-bond acceptors (Lipinski definition) is 9. The smallest absolute Gasteiger partial charge is 0.338 e. The molecule has 2 aromatic carbocycles. The van der Waals surface area contributed by atoms with Crippen molar-refractivity contribution in [3.63, 3.8) is 0 Å². The molecule has 210 valence electrons. The van der Waals surface area contributed by atoms with Gasteiger partial charge in [0, 0.05) is 20.0 Å². The first-order valence-electron chi connectivity index (χ1n) is 12.9. The van der Waals surface area contributed by atoms with Crippen molar-refractivity contribution < 1.29 is 42.9 Å². The van der Waals surface area contributed by atoms with Crippen molar-refractivity contribution >= 4 is 24.2 Å². The molecule has 1 aliphatic rings. The minimum Gasteiger partial charge on any atom is -0.465 e. The summed E-state index contributed by atoms with van der Waals surface area (Å²) in [6.45, 7) is 5.13. The first-order chi connectivity index (χ1) is 18.6. The number of carbonyl (C=O) groups excluding carboxylic acids is 4. The number of carbonyl (C=O) groups is 4. The highest BCUT2D eigenvalue weighted by Gasteiger charge is 2.46. The minimum atomic E-state index is -0.877.